The van der Waals surface area contributed by atoms with Gasteiger partial charge in [0.15, 0.2) is 0 Å². The van der Waals surface area contributed by atoms with E-state index in [1.54, 1.807) is 24.0 Å². The highest BCUT2D eigenvalue weighted by atomic mass is 79.9. The number of benzene rings is 1. The van der Waals surface area contributed by atoms with Gasteiger partial charge in [0, 0.05) is 17.7 Å². The first-order valence-electron chi connectivity index (χ1n) is 5.80. The zero-order valence-corrected chi connectivity index (χ0v) is 12.2. The van der Waals surface area contributed by atoms with E-state index in [4.69, 9.17) is 0 Å². The van der Waals surface area contributed by atoms with Crippen molar-refractivity contribution < 1.29 is 9.18 Å². The molecule has 0 bridgehead atoms. The number of anilines is 1. The summed E-state index contributed by atoms with van der Waals surface area (Å²) in [5.41, 5.74) is 1.38. The van der Waals surface area contributed by atoms with Gasteiger partial charge in [-0.3, -0.25) is 9.48 Å². The quantitative estimate of drug-likeness (QED) is 0.942. The summed E-state index contributed by atoms with van der Waals surface area (Å²) in [6.45, 7) is 1.94. The highest BCUT2D eigenvalue weighted by Gasteiger charge is 2.15. The van der Waals surface area contributed by atoms with Crippen molar-refractivity contribution >= 4 is 27.5 Å². The minimum Gasteiger partial charge on any atom is -0.319 e. The van der Waals surface area contributed by atoms with Gasteiger partial charge in [0.2, 0.25) is 0 Å². The number of carbonyl (C=O) groups is 1. The maximum absolute atomic E-state index is 13.6. The number of carbonyl (C=O) groups excluding carboxylic acids is 1. The van der Waals surface area contributed by atoms with Gasteiger partial charge in [-0.15, -0.1) is 0 Å². The molecular formula is C13H13BrFN3O. The van der Waals surface area contributed by atoms with Crippen molar-refractivity contribution in [3.05, 3.63) is 45.9 Å². The van der Waals surface area contributed by atoms with E-state index in [9.17, 15) is 9.18 Å². The Bertz CT molecular complexity index is 624. The molecule has 1 aromatic carbocycles. The molecule has 0 radical (unpaired) electrons. The first-order valence-corrected chi connectivity index (χ1v) is 6.59. The Morgan fingerprint density at radius 1 is 1.53 bits per heavy atom. The number of hydrogen-bond acceptors (Lipinski definition) is 2. The summed E-state index contributed by atoms with van der Waals surface area (Å²) in [4.78, 5) is 12.1. The van der Waals surface area contributed by atoms with Crippen molar-refractivity contribution in [2.45, 2.75) is 13.3 Å². The predicted molar refractivity (Wildman–Crippen MR) is 74.6 cm³/mol. The normalized spacial score (nSPS) is 10.5. The van der Waals surface area contributed by atoms with Crippen LogP contribution in [0.1, 0.15) is 23.0 Å². The number of nitrogens with zero attached hydrogens (tertiary/aromatic N) is 2. The molecule has 0 aliphatic carbocycles. The SMILES string of the molecule is CCc1nn(C)cc1NC(=O)c1cc(Br)ccc1F. The number of halogens is 2. The topological polar surface area (TPSA) is 46.9 Å². The molecule has 0 fully saturated rings. The van der Waals surface area contributed by atoms with E-state index in [1.165, 1.54) is 12.1 Å². The molecule has 1 amide bonds. The van der Waals surface area contributed by atoms with Crippen LogP contribution in [0, 0.1) is 5.82 Å². The molecule has 0 saturated carbocycles. The number of nitrogens with one attached hydrogen (secondary N) is 1. The second-order valence-corrected chi connectivity index (χ2v) is 5.01. The van der Waals surface area contributed by atoms with Crippen LogP contribution in [0.5, 0.6) is 0 Å². The van der Waals surface area contributed by atoms with Crippen LogP contribution < -0.4 is 5.32 Å². The summed E-state index contributed by atoms with van der Waals surface area (Å²) in [6, 6.07) is 4.25. The minimum atomic E-state index is -0.553. The molecule has 19 heavy (non-hydrogen) atoms. The van der Waals surface area contributed by atoms with Crippen LogP contribution in [-0.2, 0) is 13.5 Å². The van der Waals surface area contributed by atoms with Gasteiger partial charge < -0.3 is 5.32 Å². The smallest absolute Gasteiger partial charge is 0.258 e. The number of rotatable bonds is 3. The Kier molecular flexibility index (Phi) is 3.99. The van der Waals surface area contributed by atoms with E-state index in [2.05, 4.69) is 26.3 Å². The Morgan fingerprint density at radius 2 is 2.26 bits per heavy atom. The third-order valence-electron chi connectivity index (χ3n) is 2.66. The van der Waals surface area contributed by atoms with Crippen LogP contribution in [-0.4, -0.2) is 15.7 Å². The summed E-state index contributed by atoms with van der Waals surface area (Å²) in [5.74, 6) is -1.04. The van der Waals surface area contributed by atoms with Crippen LogP contribution in [0.25, 0.3) is 0 Å². The van der Waals surface area contributed by atoms with Crippen LogP contribution in [0.4, 0.5) is 10.1 Å². The van der Waals surface area contributed by atoms with Gasteiger partial charge >= 0.3 is 0 Å². The van der Waals surface area contributed by atoms with Gasteiger partial charge in [-0.1, -0.05) is 22.9 Å². The van der Waals surface area contributed by atoms with Gasteiger partial charge in [-0.05, 0) is 24.6 Å². The van der Waals surface area contributed by atoms with Crippen molar-refractivity contribution in [1.82, 2.24) is 9.78 Å². The first-order chi connectivity index (χ1) is 9.01. The van der Waals surface area contributed by atoms with Crippen LogP contribution in [0.3, 0.4) is 0 Å². The summed E-state index contributed by atoms with van der Waals surface area (Å²) >= 11 is 3.22. The maximum Gasteiger partial charge on any atom is 0.258 e. The lowest BCUT2D eigenvalue weighted by molar-refractivity contribution is 0.102. The fourth-order valence-electron chi connectivity index (χ4n) is 1.76. The number of amides is 1. The van der Waals surface area contributed by atoms with E-state index >= 15 is 0 Å². The summed E-state index contributed by atoms with van der Waals surface area (Å²) in [6.07, 6.45) is 2.39. The highest BCUT2D eigenvalue weighted by Crippen LogP contribution is 2.19. The molecule has 1 aromatic heterocycles. The second-order valence-electron chi connectivity index (χ2n) is 4.09. The third kappa shape index (κ3) is 3.01. The lowest BCUT2D eigenvalue weighted by atomic mass is 10.2. The number of aryl methyl sites for hydroxylation is 2. The first kappa shape index (κ1) is 13.7. The van der Waals surface area contributed by atoms with E-state index in [0.29, 0.717) is 16.6 Å². The van der Waals surface area contributed by atoms with Crippen molar-refractivity contribution in [2.24, 2.45) is 7.05 Å². The standard InChI is InChI=1S/C13H13BrFN3O/c1-3-11-12(7-18(2)17-11)16-13(19)9-6-8(14)4-5-10(9)15/h4-7H,3H2,1-2H3,(H,16,19). The molecule has 100 valence electrons. The minimum absolute atomic E-state index is 0.000260. The number of aromatic nitrogens is 2. The molecule has 1 heterocycles. The molecule has 2 rings (SSSR count). The zero-order valence-electron chi connectivity index (χ0n) is 10.6. The molecule has 2 aromatic rings. The largest absolute Gasteiger partial charge is 0.319 e. The molecule has 0 atom stereocenters. The fraction of sp³-hybridized carbons (Fsp3) is 0.231. The zero-order chi connectivity index (χ0) is 14.0. The monoisotopic (exact) mass is 325 g/mol. The van der Waals surface area contributed by atoms with Crippen molar-refractivity contribution in [2.75, 3.05) is 5.32 Å². The Morgan fingerprint density at radius 3 is 2.95 bits per heavy atom. The van der Waals surface area contributed by atoms with Gasteiger partial charge in [0.1, 0.15) is 5.82 Å². The van der Waals surface area contributed by atoms with Gasteiger partial charge in [0.25, 0.3) is 5.91 Å². The van der Waals surface area contributed by atoms with Gasteiger partial charge in [0.05, 0.1) is 16.9 Å². The van der Waals surface area contributed by atoms with E-state index in [1.807, 2.05) is 6.92 Å². The summed E-state index contributed by atoms with van der Waals surface area (Å²) < 4.78 is 15.9. The third-order valence-corrected chi connectivity index (χ3v) is 3.15. The second kappa shape index (κ2) is 5.52. The highest BCUT2D eigenvalue weighted by molar-refractivity contribution is 9.10. The average molecular weight is 326 g/mol. The van der Waals surface area contributed by atoms with Crippen molar-refractivity contribution in [1.29, 1.82) is 0 Å². The Balaban J connectivity index is 2.27. The average Bonchev–Trinajstić information content (AvgIpc) is 2.72. The van der Waals surface area contributed by atoms with Crippen LogP contribution in [0.15, 0.2) is 28.9 Å². The molecule has 4 nitrogen and oxygen atoms in total. The van der Waals surface area contributed by atoms with Crippen LogP contribution in [0.2, 0.25) is 0 Å². The molecule has 0 saturated heterocycles. The molecule has 6 heteroatoms. The fourth-order valence-corrected chi connectivity index (χ4v) is 2.12. The van der Waals surface area contributed by atoms with E-state index < -0.39 is 11.7 Å². The molecule has 0 aliphatic rings. The molecule has 0 unspecified atom stereocenters. The van der Waals surface area contributed by atoms with E-state index in [0.717, 1.165) is 5.69 Å². The van der Waals surface area contributed by atoms with Crippen molar-refractivity contribution in [3.8, 4) is 0 Å². The van der Waals surface area contributed by atoms with Gasteiger partial charge in [-0.2, -0.15) is 5.10 Å². The van der Waals surface area contributed by atoms with Crippen LogP contribution >= 0.6 is 15.9 Å². The number of hydrogen-bond donors (Lipinski definition) is 1. The molecule has 1 N–H and O–H groups in total. The van der Waals surface area contributed by atoms with Gasteiger partial charge in [-0.25, -0.2) is 4.39 Å². The Labute approximate surface area is 118 Å². The molecular weight excluding hydrogens is 313 g/mol. The predicted octanol–water partition coefficient (Wildman–Crippen LogP) is 3.14. The summed E-state index contributed by atoms with van der Waals surface area (Å²) in [5, 5.41) is 6.90. The molecule has 0 spiro atoms. The lowest BCUT2D eigenvalue weighted by Gasteiger charge is -2.06. The lowest BCUT2D eigenvalue weighted by Crippen LogP contribution is -2.14. The van der Waals surface area contributed by atoms with Crippen molar-refractivity contribution in [3.63, 3.8) is 0 Å². The Hall–Kier alpha value is -1.69. The maximum atomic E-state index is 13.6. The molecule has 0 aliphatic heterocycles. The summed E-state index contributed by atoms with van der Waals surface area (Å²) in [7, 11) is 1.77. The van der Waals surface area contributed by atoms with E-state index in [-0.39, 0.29) is 5.56 Å².